The second-order valence-corrected chi connectivity index (χ2v) is 5.52. The Bertz CT molecular complexity index is 565. The lowest BCUT2D eigenvalue weighted by Crippen LogP contribution is -2.36. The molecule has 0 radical (unpaired) electrons. The van der Waals surface area contributed by atoms with Crippen LogP contribution >= 0.6 is 0 Å². The number of rotatable bonds is 9. The number of aliphatic imine (C=N–C) groups is 1. The van der Waals surface area contributed by atoms with Crippen molar-refractivity contribution in [1.29, 1.82) is 0 Å². The monoisotopic (exact) mass is 362 g/mol. The number of nitrogens with one attached hydrogen (secondary N) is 1. The van der Waals surface area contributed by atoms with Gasteiger partial charge >= 0.3 is 6.18 Å². The van der Waals surface area contributed by atoms with E-state index in [1.807, 2.05) is 12.1 Å². The van der Waals surface area contributed by atoms with Crippen LogP contribution in [0.15, 0.2) is 23.2 Å². The van der Waals surface area contributed by atoms with Gasteiger partial charge in [0.15, 0.2) is 17.5 Å². The quantitative estimate of drug-likeness (QED) is 0.399. The summed E-state index contributed by atoms with van der Waals surface area (Å²) in [6.07, 6.45) is -3.65. The van der Waals surface area contributed by atoms with E-state index in [0.29, 0.717) is 37.6 Å². The minimum absolute atomic E-state index is 0.244. The van der Waals surface area contributed by atoms with Gasteiger partial charge in [-0.25, -0.2) is 4.99 Å². The molecule has 6 nitrogen and oxygen atoms in total. The van der Waals surface area contributed by atoms with E-state index >= 15 is 0 Å². The third-order valence-corrected chi connectivity index (χ3v) is 3.35. The molecule has 25 heavy (non-hydrogen) atoms. The number of halogens is 3. The van der Waals surface area contributed by atoms with Crippen LogP contribution in [-0.2, 0) is 6.54 Å². The molecule has 1 rings (SSSR count). The Hall–Kier alpha value is -2.16. The van der Waals surface area contributed by atoms with Gasteiger partial charge in [0.25, 0.3) is 0 Å². The Kier molecular flexibility index (Phi) is 8.33. The van der Waals surface area contributed by atoms with Gasteiger partial charge in [-0.15, -0.1) is 0 Å². The second-order valence-electron chi connectivity index (χ2n) is 5.52. The number of alkyl halides is 3. The van der Waals surface area contributed by atoms with Gasteiger partial charge in [0.2, 0.25) is 0 Å². The van der Waals surface area contributed by atoms with E-state index in [2.05, 4.69) is 10.3 Å². The molecule has 0 aliphatic rings. The van der Waals surface area contributed by atoms with Gasteiger partial charge in [0, 0.05) is 6.54 Å². The molecule has 142 valence electrons. The summed E-state index contributed by atoms with van der Waals surface area (Å²) in [5, 5.41) is 2.89. The predicted molar refractivity (Wildman–Crippen MR) is 91.0 cm³/mol. The molecule has 0 atom stereocenters. The lowest BCUT2D eigenvalue weighted by molar-refractivity contribution is -0.143. The molecule has 0 amide bonds. The molecule has 0 unspecified atom stereocenters. The molecule has 0 aromatic heterocycles. The zero-order valence-electron chi connectivity index (χ0n) is 14.7. The van der Waals surface area contributed by atoms with E-state index in [0.717, 1.165) is 5.56 Å². The summed E-state index contributed by atoms with van der Waals surface area (Å²) in [5.41, 5.74) is 6.65. The molecule has 9 heteroatoms. The van der Waals surface area contributed by atoms with Crippen LogP contribution in [0.1, 0.15) is 12.0 Å². The van der Waals surface area contributed by atoms with Gasteiger partial charge < -0.3 is 20.5 Å². The van der Waals surface area contributed by atoms with E-state index in [-0.39, 0.29) is 5.96 Å². The van der Waals surface area contributed by atoms with Crippen molar-refractivity contribution in [2.24, 2.45) is 10.7 Å². The van der Waals surface area contributed by atoms with E-state index < -0.39 is 12.7 Å². The highest BCUT2D eigenvalue weighted by Crippen LogP contribution is 2.27. The minimum Gasteiger partial charge on any atom is -0.493 e. The largest absolute Gasteiger partial charge is 0.493 e. The number of ether oxygens (including phenoxy) is 2. The van der Waals surface area contributed by atoms with Gasteiger partial charge in [-0.1, -0.05) is 6.07 Å². The van der Waals surface area contributed by atoms with E-state index in [9.17, 15) is 13.2 Å². The third-order valence-electron chi connectivity index (χ3n) is 3.35. The normalized spacial score (nSPS) is 12.4. The van der Waals surface area contributed by atoms with Crippen molar-refractivity contribution >= 4 is 5.96 Å². The van der Waals surface area contributed by atoms with Crippen LogP contribution in [0.25, 0.3) is 0 Å². The van der Waals surface area contributed by atoms with Crippen LogP contribution in [0.4, 0.5) is 13.2 Å². The fourth-order valence-corrected chi connectivity index (χ4v) is 2.16. The average Bonchev–Trinajstić information content (AvgIpc) is 2.55. The van der Waals surface area contributed by atoms with Crippen LogP contribution in [0, 0.1) is 0 Å². The molecule has 1 aromatic carbocycles. The van der Waals surface area contributed by atoms with Crippen molar-refractivity contribution in [2.45, 2.75) is 19.1 Å². The van der Waals surface area contributed by atoms with Crippen LogP contribution in [-0.4, -0.2) is 57.9 Å². The van der Waals surface area contributed by atoms with Gasteiger partial charge in [-0.3, -0.25) is 4.90 Å². The SMILES string of the molecule is COc1ccc(CN=C(N)NCCCN(C)CC(F)(F)F)cc1OC. The number of hydrogen-bond acceptors (Lipinski definition) is 4. The summed E-state index contributed by atoms with van der Waals surface area (Å²) in [6.45, 7) is 0.196. The maximum atomic E-state index is 12.2. The Morgan fingerprint density at radius 1 is 1.24 bits per heavy atom. The standard InChI is InChI=1S/C16H25F3N4O2/c1-23(11-16(17,18)19)8-4-7-21-15(20)22-10-12-5-6-13(24-2)14(9-12)25-3/h5-6,9H,4,7-8,10-11H2,1-3H3,(H3,20,21,22). The molecule has 0 heterocycles. The van der Waals surface area contributed by atoms with Crippen molar-refractivity contribution in [3.8, 4) is 11.5 Å². The smallest absolute Gasteiger partial charge is 0.401 e. The zero-order chi connectivity index (χ0) is 18.9. The van der Waals surface area contributed by atoms with Crippen molar-refractivity contribution in [3.05, 3.63) is 23.8 Å². The number of hydrogen-bond donors (Lipinski definition) is 2. The second kappa shape index (κ2) is 9.97. The number of methoxy groups -OCH3 is 2. The van der Waals surface area contributed by atoms with E-state index in [4.69, 9.17) is 15.2 Å². The minimum atomic E-state index is -4.18. The van der Waals surface area contributed by atoms with Gasteiger partial charge in [-0.2, -0.15) is 13.2 Å². The highest BCUT2D eigenvalue weighted by atomic mass is 19.4. The van der Waals surface area contributed by atoms with Gasteiger partial charge in [-0.05, 0) is 37.7 Å². The first-order valence-electron chi connectivity index (χ1n) is 7.75. The Balaban J connectivity index is 2.37. The first-order chi connectivity index (χ1) is 11.7. The van der Waals surface area contributed by atoms with Crippen LogP contribution in [0.3, 0.4) is 0 Å². The van der Waals surface area contributed by atoms with Crippen molar-refractivity contribution in [2.75, 3.05) is 40.9 Å². The van der Waals surface area contributed by atoms with Gasteiger partial charge in [0.1, 0.15) is 0 Å². The van der Waals surface area contributed by atoms with Crippen LogP contribution < -0.4 is 20.5 Å². The molecular weight excluding hydrogens is 337 g/mol. The lowest BCUT2D eigenvalue weighted by Gasteiger charge is -2.18. The highest BCUT2D eigenvalue weighted by molar-refractivity contribution is 5.77. The lowest BCUT2D eigenvalue weighted by atomic mass is 10.2. The van der Waals surface area contributed by atoms with Crippen molar-refractivity contribution in [1.82, 2.24) is 10.2 Å². The molecular formula is C16H25F3N4O2. The maximum absolute atomic E-state index is 12.2. The fourth-order valence-electron chi connectivity index (χ4n) is 2.16. The molecule has 1 aromatic rings. The molecule has 0 spiro atoms. The summed E-state index contributed by atoms with van der Waals surface area (Å²) in [7, 11) is 4.54. The Morgan fingerprint density at radius 3 is 2.52 bits per heavy atom. The Labute approximate surface area is 145 Å². The first-order valence-corrected chi connectivity index (χ1v) is 7.75. The summed E-state index contributed by atoms with van der Waals surface area (Å²) < 4.78 is 47.0. The van der Waals surface area contributed by atoms with Crippen molar-refractivity contribution in [3.63, 3.8) is 0 Å². The Morgan fingerprint density at radius 2 is 1.92 bits per heavy atom. The van der Waals surface area contributed by atoms with E-state index in [1.165, 1.54) is 11.9 Å². The van der Waals surface area contributed by atoms with Crippen LogP contribution in [0.2, 0.25) is 0 Å². The molecule has 0 aliphatic heterocycles. The first kappa shape index (κ1) is 20.9. The maximum Gasteiger partial charge on any atom is 0.401 e. The molecule has 0 saturated carbocycles. The zero-order valence-corrected chi connectivity index (χ0v) is 14.7. The summed E-state index contributed by atoms with van der Waals surface area (Å²) >= 11 is 0. The number of benzene rings is 1. The average molecular weight is 362 g/mol. The molecule has 0 saturated heterocycles. The number of nitrogens with two attached hydrogens (primary N) is 1. The molecule has 0 bridgehead atoms. The van der Waals surface area contributed by atoms with Crippen molar-refractivity contribution < 1.29 is 22.6 Å². The topological polar surface area (TPSA) is 72.1 Å². The van der Waals surface area contributed by atoms with Gasteiger partial charge in [0.05, 0.1) is 27.3 Å². The van der Waals surface area contributed by atoms with Crippen LogP contribution in [0.5, 0.6) is 11.5 Å². The number of nitrogens with zero attached hydrogens (tertiary/aromatic N) is 2. The molecule has 3 N–H and O–H groups in total. The predicted octanol–water partition coefficient (Wildman–Crippen LogP) is 1.99. The third kappa shape index (κ3) is 8.48. The molecule has 0 fully saturated rings. The summed E-state index contributed by atoms with van der Waals surface area (Å²) in [6, 6.07) is 5.44. The number of guanidine groups is 1. The molecule has 0 aliphatic carbocycles. The highest BCUT2D eigenvalue weighted by Gasteiger charge is 2.28. The summed E-state index contributed by atoms with van der Waals surface area (Å²) in [4.78, 5) is 5.42. The van der Waals surface area contributed by atoms with E-state index in [1.54, 1.807) is 20.3 Å². The fraction of sp³-hybridized carbons (Fsp3) is 0.562. The summed E-state index contributed by atoms with van der Waals surface area (Å²) in [5.74, 6) is 1.48.